The third kappa shape index (κ3) is 3.20. The molecule has 1 aromatic heterocycles. The highest BCUT2D eigenvalue weighted by molar-refractivity contribution is 9.10. The van der Waals surface area contributed by atoms with E-state index in [1.165, 1.54) is 18.3 Å². The average molecular weight is 407 g/mol. The molecular weight excluding hydrogens is 396 g/mol. The minimum Gasteiger partial charge on any atom is -0.478 e. The summed E-state index contributed by atoms with van der Waals surface area (Å²) < 4.78 is 0.843. The lowest BCUT2D eigenvalue weighted by atomic mass is 10.3. The monoisotopic (exact) mass is 406 g/mol. The maximum atomic E-state index is 12.6. The van der Waals surface area contributed by atoms with E-state index in [-0.39, 0.29) is 28.8 Å². The average Bonchev–Trinajstić information content (AvgIpc) is 2.83. The van der Waals surface area contributed by atoms with Gasteiger partial charge in [-0.3, -0.25) is 9.59 Å². The number of carboxylic acids is 1. The number of carbonyl (C=O) groups excluding carboxylic acids is 2. The van der Waals surface area contributed by atoms with Crippen molar-refractivity contribution in [3.63, 3.8) is 0 Å². The fraction of sp³-hybridized carbons (Fsp3) is 0.125. The Morgan fingerprint density at radius 3 is 2.62 bits per heavy atom. The largest absolute Gasteiger partial charge is 0.478 e. The van der Waals surface area contributed by atoms with Crippen molar-refractivity contribution in [3.05, 3.63) is 52.6 Å². The Morgan fingerprint density at radius 1 is 1.25 bits per heavy atom. The Bertz CT molecular complexity index is 825. The number of carbonyl (C=O) groups is 3. The molecule has 1 N–H and O–H groups in total. The number of anilines is 1. The van der Waals surface area contributed by atoms with Gasteiger partial charge in [-0.25, -0.2) is 14.7 Å². The number of imide groups is 1. The summed E-state index contributed by atoms with van der Waals surface area (Å²) in [5, 5.41) is 8.74. The molecule has 2 heterocycles. The first kappa shape index (κ1) is 16.7. The Kier molecular flexibility index (Phi) is 4.68. The van der Waals surface area contributed by atoms with Gasteiger partial charge in [0.05, 0.1) is 16.5 Å². The number of rotatable bonds is 4. The molecular formula is C16H11BrN2O4S. The number of aromatic nitrogens is 1. The van der Waals surface area contributed by atoms with Gasteiger partial charge < -0.3 is 5.11 Å². The van der Waals surface area contributed by atoms with Crippen LogP contribution in [-0.4, -0.2) is 33.1 Å². The molecule has 2 amide bonds. The van der Waals surface area contributed by atoms with Gasteiger partial charge in [0.15, 0.2) is 0 Å². The van der Waals surface area contributed by atoms with Crippen LogP contribution in [0.25, 0.3) is 0 Å². The van der Waals surface area contributed by atoms with Crippen molar-refractivity contribution >= 4 is 51.2 Å². The normalized spacial score (nSPS) is 17.4. The van der Waals surface area contributed by atoms with Gasteiger partial charge in [0, 0.05) is 17.1 Å². The number of halogens is 1. The summed E-state index contributed by atoms with van der Waals surface area (Å²) in [6.07, 6.45) is 1.47. The van der Waals surface area contributed by atoms with Gasteiger partial charge in [0.2, 0.25) is 11.8 Å². The molecule has 8 heteroatoms. The second-order valence-corrected chi connectivity index (χ2v) is 7.12. The number of hydrogen-bond acceptors (Lipinski definition) is 5. The number of nitrogens with zero attached hydrogens (tertiary/aromatic N) is 2. The first-order valence-corrected chi connectivity index (χ1v) is 8.62. The van der Waals surface area contributed by atoms with E-state index < -0.39 is 11.2 Å². The molecule has 0 bridgehead atoms. The van der Waals surface area contributed by atoms with Crippen molar-refractivity contribution in [3.8, 4) is 0 Å². The highest BCUT2D eigenvalue weighted by Crippen LogP contribution is 2.34. The number of aromatic carboxylic acids is 1. The molecule has 1 saturated heterocycles. The van der Waals surface area contributed by atoms with Gasteiger partial charge in [-0.15, -0.1) is 0 Å². The third-order valence-corrected chi connectivity index (χ3v) is 5.18. The molecule has 3 rings (SSSR count). The Balaban J connectivity index is 1.85. The molecule has 1 atom stereocenters. The lowest BCUT2D eigenvalue weighted by Gasteiger charge is -2.15. The molecule has 6 nitrogen and oxygen atoms in total. The van der Waals surface area contributed by atoms with E-state index in [4.69, 9.17) is 0 Å². The van der Waals surface area contributed by atoms with Crippen LogP contribution in [0.1, 0.15) is 16.8 Å². The highest BCUT2D eigenvalue weighted by atomic mass is 79.9. The summed E-state index contributed by atoms with van der Waals surface area (Å²) in [6.45, 7) is 0. The topological polar surface area (TPSA) is 87.6 Å². The van der Waals surface area contributed by atoms with Crippen LogP contribution in [-0.2, 0) is 9.59 Å². The summed E-state index contributed by atoms with van der Waals surface area (Å²) in [6, 6.07) is 9.79. The molecule has 1 aromatic carbocycles. The summed E-state index contributed by atoms with van der Waals surface area (Å²) >= 11 is 4.31. The van der Waals surface area contributed by atoms with Crippen molar-refractivity contribution in [1.82, 2.24) is 4.98 Å². The predicted octanol–water partition coefficient (Wildman–Crippen LogP) is 2.97. The van der Waals surface area contributed by atoms with Crippen molar-refractivity contribution in [2.45, 2.75) is 16.7 Å². The first-order valence-electron chi connectivity index (χ1n) is 6.94. The van der Waals surface area contributed by atoms with E-state index in [1.807, 2.05) is 0 Å². The fourth-order valence-electron chi connectivity index (χ4n) is 2.34. The minimum atomic E-state index is -1.12. The van der Waals surface area contributed by atoms with Crippen LogP contribution in [0.3, 0.4) is 0 Å². The summed E-state index contributed by atoms with van der Waals surface area (Å²) in [5.41, 5.74) is 0.514. The zero-order valence-corrected chi connectivity index (χ0v) is 14.6. The van der Waals surface area contributed by atoms with Gasteiger partial charge in [0.25, 0.3) is 0 Å². The molecule has 24 heavy (non-hydrogen) atoms. The van der Waals surface area contributed by atoms with Gasteiger partial charge >= 0.3 is 5.97 Å². The maximum absolute atomic E-state index is 12.6. The number of hydrogen-bond donors (Lipinski definition) is 1. The molecule has 0 unspecified atom stereocenters. The SMILES string of the molecule is O=C(O)c1cccnc1S[C@@H]1CC(=O)N(c2ccc(Br)cc2)C1=O. The molecule has 0 spiro atoms. The molecule has 2 aromatic rings. The zero-order chi connectivity index (χ0) is 17.3. The molecule has 0 saturated carbocycles. The van der Waals surface area contributed by atoms with E-state index in [2.05, 4.69) is 20.9 Å². The Labute approximate surface area is 150 Å². The van der Waals surface area contributed by atoms with Crippen LogP contribution in [0.2, 0.25) is 0 Å². The molecule has 1 aliphatic heterocycles. The Morgan fingerprint density at radius 2 is 1.96 bits per heavy atom. The van der Waals surface area contributed by atoms with Gasteiger partial charge in [0.1, 0.15) is 5.03 Å². The van der Waals surface area contributed by atoms with Crippen LogP contribution >= 0.6 is 27.7 Å². The number of amides is 2. The number of benzene rings is 1. The fourth-order valence-corrected chi connectivity index (χ4v) is 3.71. The standard InChI is InChI=1S/C16H11BrN2O4S/c17-9-3-5-10(6-4-9)19-13(20)8-12(15(19)21)24-14-11(16(22)23)2-1-7-18-14/h1-7,12H,8H2,(H,22,23)/t12-/m1/s1. The number of carboxylic acid groups (broad SMARTS) is 1. The molecule has 122 valence electrons. The van der Waals surface area contributed by atoms with Gasteiger partial charge in [-0.2, -0.15) is 0 Å². The predicted molar refractivity (Wildman–Crippen MR) is 92.1 cm³/mol. The van der Waals surface area contributed by atoms with E-state index in [0.29, 0.717) is 5.69 Å². The van der Waals surface area contributed by atoms with E-state index in [1.54, 1.807) is 24.3 Å². The maximum Gasteiger partial charge on any atom is 0.338 e. The van der Waals surface area contributed by atoms with Crippen molar-refractivity contribution in [2.24, 2.45) is 0 Å². The Hall–Kier alpha value is -2.19. The zero-order valence-electron chi connectivity index (χ0n) is 12.2. The smallest absolute Gasteiger partial charge is 0.338 e. The van der Waals surface area contributed by atoms with Crippen LogP contribution in [0.15, 0.2) is 52.1 Å². The minimum absolute atomic E-state index is 0.00912. The van der Waals surface area contributed by atoms with Crippen LogP contribution in [0, 0.1) is 0 Å². The lowest BCUT2D eigenvalue weighted by molar-refractivity contribution is -0.121. The lowest BCUT2D eigenvalue weighted by Crippen LogP contribution is -2.31. The van der Waals surface area contributed by atoms with Gasteiger partial charge in [-0.1, -0.05) is 27.7 Å². The molecule has 1 fully saturated rings. The number of pyridine rings is 1. The van der Waals surface area contributed by atoms with Crippen molar-refractivity contribution < 1.29 is 19.5 Å². The quantitative estimate of drug-likeness (QED) is 0.785. The second kappa shape index (κ2) is 6.74. The van der Waals surface area contributed by atoms with Gasteiger partial charge in [-0.05, 0) is 36.4 Å². The van der Waals surface area contributed by atoms with Crippen LogP contribution < -0.4 is 4.90 Å². The molecule has 0 radical (unpaired) electrons. The second-order valence-electron chi connectivity index (χ2n) is 5.02. The molecule has 0 aliphatic carbocycles. The summed E-state index contributed by atoms with van der Waals surface area (Å²) in [7, 11) is 0. The summed E-state index contributed by atoms with van der Waals surface area (Å²) in [5.74, 6) is -1.80. The van der Waals surface area contributed by atoms with E-state index >= 15 is 0 Å². The number of thioether (sulfide) groups is 1. The van der Waals surface area contributed by atoms with E-state index in [0.717, 1.165) is 21.1 Å². The highest BCUT2D eigenvalue weighted by Gasteiger charge is 2.40. The van der Waals surface area contributed by atoms with Crippen LogP contribution in [0.5, 0.6) is 0 Å². The van der Waals surface area contributed by atoms with E-state index in [9.17, 15) is 19.5 Å². The first-order chi connectivity index (χ1) is 11.5. The third-order valence-electron chi connectivity index (χ3n) is 3.45. The van der Waals surface area contributed by atoms with Crippen LogP contribution in [0.4, 0.5) is 5.69 Å². The van der Waals surface area contributed by atoms with Crippen molar-refractivity contribution in [1.29, 1.82) is 0 Å². The molecule has 1 aliphatic rings. The van der Waals surface area contributed by atoms with Crippen molar-refractivity contribution in [2.75, 3.05) is 4.90 Å². The summed E-state index contributed by atoms with van der Waals surface area (Å²) in [4.78, 5) is 41.2.